The second-order valence-electron chi connectivity index (χ2n) is 6.55. The minimum atomic E-state index is -0.534. The Bertz CT molecular complexity index is 607. The van der Waals surface area contributed by atoms with Crippen LogP contribution in [0.4, 0.5) is 0 Å². The molecule has 0 aliphatic carbocycles. The molecule has 3 rings (SSSR count). The van der Waals surface area contributed by atoms with Crippen LogP contribution in [-0.4, -0.2) is 40.8 Å². The van der Waals surface area contributed by atoms with E-state index in [4.69, 9.17) is 0 Å². The molecule has 1 unspecified atom stereocenters. The second-order valence-corrected chi connectivity index (χ2v) is 6.55. The quantitative estimate of drug-likeness (QED) is 0.764. The van der Waals surface area contributed by atoms with Crippen molar-refractivity contribution >= 4 is 0 Å². The van der Waals surface area contributed by atoms with Crippen molar-refractivity contribution in [2.45, 2.75) is 31.5 Å². The summed E-state index contributed by atoms with van der Waals surface area (Å²) >= 11 is 0. The first-order valence-corrected chi connectivity index (χ1v) is 8.67. The lowest BCUT2D eigenvalue weighted by molar-refractivity contribution is 0.149. The normalized spacial score (nSPS) is 17.7. The number of phenols is 1. The molecule has 0 radical (unpaired) electrons. The minimum Gasteiger partial charge on any atom is -0.508 e. The van der Waals surface area contributed by atoms with Gasteiger partial charge in [-0.25, -0.2) is 0 Å². The fourth-order valence-corrected chi connectivity index (χ4v) is 3.23. The number of aliphatic hydroxyl groups excluding tert-OH is 1. The van der Waals surface area contributed by atoms with Crippen molar-refractivity contribution in [3.63, 3.8) is 0 Å². The maximum Gasteiger partial charge on any atom is 0.115 e. The minimum absolute atomic E-state index is 0.227. The fraction of sp³-hybridized carbons (Fsp3) is 0.400. The Hall–Kier alpha value is -1.88. The summed E-state index contributed by atoms with van der Waals surface area (Å²) in [6, 6.07) is 17.8. The van der Waals surface area contributed by atoms with E-state index >= 15 is 0 Å². The van der Waals surface area contributed by atoms with Gasteiger partial charge >= 0.3 is 0 Å². The SMILES string of the molecule is Oc1ccc(C(O)CNC2CCN(Cc3ccccc3)CC2)cc1. The van der Waals surface area contributed by atoms with Gasteiger partial charge in [0.05, 0.1) is 6.10 Å². The van der Waals surface area contributed by atoms with E-state index in [0.717, 1.165) is 38.0 Å². The van der Waals surface area contributed by atoms with Crippen molar-refractivity contribution in [3.8, 4) is 5.75 Å². The monoisotopic (exact) mass is 326 g/mol. The third kappa shape index (κ3) is 4.81. The molecule has 0 bridgehead atoms. The largest absolute Gasteiger partial charge is 0.508 e. The van der Waals surface area contributed by atoms with Crippen LogP contribution in [0.25, 0.3) is 0 Å². The van der Waals surface area contributed by atoms with Crippen LogP contribution in [0.2, 0.25) is 0 Å². The Morgan fingerprint density at radius 3 is 2.33 bits per heavy atom. The number of likely N-dealkylation sites (tertiary alicyclic amines) is 1. The molecular weight excluding hydrogens is 300 g/mol. The van der Waals surface area contributed by atoms with Crippen LogP contribution in [0.15, 0.2) is 54.6 Å². The van der Waals surface area contributed by atoms with Gasteiger partial charge in [0.15, 0.2) is 0 Å². The highest BCUT2D eigenvalue weighted by atomic mass is 16.3. The van der Waals surface area contributed by atoms with Gasteiger partial charge in [0.25, 0.3) is 0 Å². The highest BCUT2D eigenvalue weighted by molar-refractivity contribution is 5.27. The van der Waals surface area contributed by atoms with Crippen LogP contribution in [-0.2, 0) is 6.54 Å². The standard InChI is InChI=1S/C20H26N2O2/c23-19-8-6-17(7-9-19)20(24)14-21-18-10-12-22(13-11-18)15-16-4-2-1-3-5-16/h1-9,18,20-21,23-24H,10-15H2. The van der Waals surface area contributed by atoms with Crippen LogP contribution in [0.3, 0.4) is 0 Å². The van der Waals surface area contributed by atoms with Gasteiger partial charge in [0.2, 0.25) is 0 Å². The van der Waals surface area contributed by atoms with Crippen LogP contribution in [0.5, 0.6) is 5.75 Å². The molecule has 0 spiro atoms. The van der Waals surface area contributed by atoms with E-state index in [2.05, 4.69) is 40.5 Å². The van der Waals surface area contributed by atoms with E-state index in [1.54, 1.807) is 24.3 Å². The average Bonchev–Trinajstić information content (AvgIpc) is 2.62. The topological polar surface area (TPSA) is 55.7 Å². The highest BCUT2D eigenvalue weighted by Crippen LogP contribution is 2.18. The highest BCUT2D eigenvalue weighted by Gasteiger charge is 2.19. The maximum atomic E-state index is 10.2. The molecule has 1 aliphatic heterocycles. The Balaban J connectivity index is 1.40. The number of nitrogens with one attached hydrogen (secondary N) is 1. The van der Waals surface area contributed by atoms with Gasteiger partial charge in [-0.3, -0.25) is 4.90 Å². The summed E-state index contributed by atoms with van der Waals surface area (Å²) in [7, 11) is 0. The summed E-state index contributed by atoms with van der Waals surface area (Å²) < 4.78 is 0. The molecule has 1 atom stereocenters. The van der Waals surface area contributed by atoms with Gasteiger partial charge in [-0.2, -0.15) is 0 Å². The van der Waals surface area contributed by atoms with Gasteiger partial charge in [0, 0.05) is 19.1 Å². The van der Waals surface area contributed by atoms with E-state index in [1.165, 1.54) is 5.56 Å². The lowest BCUT2D eigenvalue weighted by Gasteiger charge is -2.33. The number of aliphatic hydroxyl groups is 1. The number of rotatable bonds is 6. The molecule has 1 fully saturated rings. The number of nitrogens with zero attached hydrogens (tertiary/aromatic N) is 1. The Morgan fingerprint density at radius 1 is 1.00 bits per heavy atom. The van der Waals surface area contributed by atoms with Crippen LogP contribution < -0.4 is 5.32 Å². The van der Waals surface area contributed by atoms with E-state index in [1.807, 2.05) is 0 Å². The summed E-state index contributed by atoms with van der Waals surface area (Å²) in [4.78, 5) is 2.49. The number of aromatic hydroxyl groups is 1. The lowest BCUT2D eigenvalue weighted by Crippen LogP contribution is -2.43. The first kappa shape index (κ1) is 17.0. The van der Waals surface area contributed by atoms with Gasteiger partial charge in [0.1, 0.15) is 5.75 Å². The van der Waals surface area contributed by atoms with E-state index in [0.29, 0.717) is 12.6 Å². The van der Waals surface area contributed by atoms with E-state index in [-0.39, 0.29) is 5.75 Å². The van der Waals surface area contributed by atoms with Crippen molar-refractivity contribution < 1.29 is 10.2 Å². The number of hydrogen-bond acceptors (Lipinski definition) is 4. The first-order chi connectivity index (χ1) is 11.7. The van der Waals surface area contributed by atoms with Gasteiger partial charge in [-0.15, -0.1) is 0 Å². The second kappa shape index (κ2) is 8.29. The van der Waals surface area contributed by atoms with E-state index < -0.39 is 6.10 Å². The summed E-state index contributed by atoms with van der Waals surface area (Å²) in [5.74, 6) is 0.227. The molecule has 4 heteroatoms. The Morgan fingerprint density at radius 2 is 1.67 bits per heavy atom. The Kier molecular flexibility index (Phi) is 5.86. The molecule has 0 aromatic heterocycles. The molecule has 1 aliphatic rings. The van der Waals surface area contributed by atoms with E-state index in [9.17, 15) is 10.2 Å². The molecule has 3 N–H and O–H groups in total. The summed E-state index contributed by atoms with van der Waals surface area (Å²) in [6.07, 6.45) is 1.68. The van der Waals surface area contributed by atoms with Crippen molar-refractivity contribution in [3.05, 3.63) is 65.7 Å². The van der Waals surface area contributed by atoms with Gasteiger partial charge < -0.3 is 15.5 Å². The van der Waals surface area contributed by atoms with Crippen LogP contribution in [0.1, 0.15) is 30.1 Å². The van der Waals surface area contributed by atoms with Crippen molar-refractivity contribution in [1.82, 2.24) is 10.2 Å². The predicted molar refractivity (Wildman–Crippen MR) is 95.8 cm³/mol. The maximum absolute atomic E-state index is 10.2. The zero-order chi connectivity index (χ0) is 16.8. The third-order valence-corrected chi connectivity index (χ3v) is 4.71. The number of piperidine rings is 1. The van der Waals surface area contributed by atoms with Crippen molar-refractivity contribution in [1.29, 1.82) is 0 Å². The number of hydrogen-bond donors (Lipinski definition) is 3. The Labute approximate surface area is 143 Å². The molecule has 4 nitrogen and oxygen atoms in total. The smallest absolute Gasteiger partial charge is 0.115 e. The third-order valence-electron chi connectivity index (χ3n) is 4.71. The molecule has 24 heavy (non-hydrogen) atoms. The van der Waals surface area contributed by atoms with Crippen LogP contribution >= 0.6 is 0 Å². The molecule has 1 saturated heterocycles. The molecule has 128 valence electrons. The fourth-order valence-electron chi connectivity index (χ4n) is 3.23. The molecule has 2 aromatic rings. The number of benzene rings is 2. The molecule has 2 aromatic carbocycles. The zero-order valence-corrected chi connectivity index (χ0v) is 13.9. The first-order valence-electron chi connectivity index (χ1n) is 8.67. The molecule has 0 amide bonds. The van der Waals surface area contributed by atoms with Crippen molar-refractivity contribution in [2.75, 3.05) is 19.6 Å². The zero-order valence-electron chi connectivity index (χ0n) is 13.9. The predicted octanol–water partition coefficient (Wildman–Crippen LogP) is 2.68. The summed E-state index contributed by atoms with van der Waals surface area (Å²) in [6.45, 7) is 3.74. The lowest BCUT2D eigenvalue weighted by atomic mass is 10.0. The molecular formula is C20H26N2O2. The molecule has 0 saturated carbocycles. The van der Waals surface area contributed by atoms with Crippen LogP contribution in [0, 0.1) is 0 Å². The van der Waals surface area contributed by atoms with Crippen molar-refractivity contribution in [2.24, 2.45) is 0 Å². The molecule has 1 heterocycles. The van der Waals surface area contributed by atoms with Gasteiger partial charge in [-0.05, 0) is 49.2 Å². The number of phenolic OH excluding ortho intramolecular Hbond substituents is 1. The van der Waals surface area contributed by atoms with Gasteiger partial charge in [-0.1, -0.05) is 42.5 Å². The average molecular weight is 326 g/mol. The summed E-state index contributed by atoms with van der Waals surface area (Å²) in [5.41, 5.74) is 2.20. The summed E-state index contributed by atoms with van der Waals surface area (Å²) in [5, 5.41) is 23.0.